The Morgan fingerprint density at radius 1 is 1.21 bits per heavy atom. The molecule has 4 nitrogen and oxygen atoms in total. The van der Waals surface area contributed by atoms with E-state index in [2.05, 4.69) is 6.92 Å². The minimum atomic E-state index is -0.608. The molecule has 1 aliphatic rings. The van der Waals surface area contributed by atoms with Crippen molar-refractivity contribution in [2.24, 2.45) is 5.73 Å². The van der Waals surface area contributed by atoms with Crippen LogP contribution in [0.25, 0.3) is 0 Å². The molecule has 0 bridgehead atoms. The molecule has 0 spiro atoms. The van der Waals surface area contributed by atoms with Gasteiger partial charge in [-0.25, -0.2) is 0 Å². The SMILES string of the molecule is CCCSC(C)(N)CN1C(=O)c2ccccc2C1=O. The van der Waals surface area contributed by atoms with E-state index in [4.69, 9.17) is 5.73 Å². The number of rotatable bonds is 5. The van der Waals surface area contributed by atoms with Crippen LogP contribution in [0.4, 0.5) is 0 Å². The standard InChI is InChI=1S/C14H18N2O2S/c1-3-8-19-14(2,15)9-16-12(17)10-6-4-5-7-11(10)13(16)18/h4-7H,3,8-9,15H2,1-2H3. The highest BCUT2D eigenvalue weighted by Gasteiger charge is 2.38. The summed E-state index contributed by atoms with van der Waals surface area (Å²) in [5.74, 6) is 0.430. The normalized spacial score (nSPS) is 17.5. The number of imide groups is 1. The summed E-state index contributed by atoms with van der Waals surface area (Å²) in [5, 5.41) is 0. The summed E-state index contributed by atoms with van der Waals surface area (Å²) in [6.45, 7) is 4.17. The summed E-state index contributed by atoms with van der Waals surface area (Å²) < 4.78 is 0. The number of carbonyl (C=O) groups is 2. The molecule has 0 fully saturated rings. The van der Waals surface area contributed by atoms with Crippen LogP contribution in [0.2, 0.25) is 0 Å². The first kappa shape index (κ1) is 14.1. The highest BCUT2D eigenvalue weighted by molar-refractivity contribution is 8.00. The molecule has 1 atom stereocenters. The number of benzene rings is 1. The number of hydrogen-bond donors (Lipinski definition) is 1. The maximum Gasteiger partial charge on any atom is 0.261 e. The maximum atomic E-state index is 12.2. The van der Waals surface area contributed by atoms with Gasteiger partial charge in [0.1, 0.15) is 0 Å². The highest BCUT2D eigenvalue weighted by Crippen LogP contribution is 2.27. The first-order valence-electron chi connectivity index (χ1n) is 6.34. The summed E-state index contributed by atoms with van der Waals surface area (Å²) in [6.07, 6.45) is 1.01. The number of fused-ring (bicyclic) bond motifs is 1. The topological polar surface area (TPSA) is 63.4 Å². The Balaban J connectivity index is 2.16. The monoisotopic (exact) mass is 278 g/mol. The van der Waals surface area contributed by atoms with Gasteiger partial charge in [0.25, 0.3) is 11.8 Å². The van der Waals surface area contributed by atoms with Crippen molar-refractivity contribution >= 4 is 23.6 Å². The van der Waals surface area contributed by atoms with Gasteiger partial charge in [-0.2, -0.15) is 0 Å². The van der Waals surface area contributed by atoms with E-state index in [0.717, 1.165) is 12.2 Å². The third-order valence-electron chi connectivity index (χ3n) is 2.99. The minimum Gasteiger partial charge on any atom is -0.316 e. The van der Waals surface area contributed by atoms with Crippen LogP contribution < -0.4 is 5.73 Å². The van der Waals surface area contributed by atoms with E-state index in [9.17, 15) is 9.59 Å². The van der Waals surface area contributed by atoms with E-state index >= 15 is 0 Å². The average Bonchev–Trinajstić information content (AvgIpc) is 2.62. The zero-order valence-corrected chi connectivity index (χ0v) is 12.0. The Bertz CT molecular complexity index is 479. The third-order valence-corrected chi connectivity index (χ3v) is 4.39. The molecule has 0 aromatic heterocycles. The molecule has 0 saturated carbocycles. The zero-order valence-electron chi connectivity index (χ0n) is 11.2. The smallest absolute Gasteiger partial charge is 0.261 e. The minimum absolute atomic E-state index is 0.240. The van der Waals surface area contributed by atoms with Crippen LogP contribution in [0.1, 0.15) is 41.0 Å². The lowest BCUT2D eigenvalue weighted by Crippen LogP contribution is -2.47. The lowest BCUT2D eigenvalue weighted by molar-refractivity contribution is 0.0641. The Labute approximate surface area is 117 Å². The summed E-state index contributed by atoms with van der Waals surface area (Å²) >= 11 is 1.58. The first-order valence-corrected chi connectivity index (χ1v) is 7.33. The second kappa shape index (κ2) is 5.35. The molecule has 2 rings (SSSR count). The number of carbonyl (C=O) groups excluding carboxylic acids is 2. The molecule has 102 valence electrons. The molecule has 0 radical (unpaired) electrons. The molecule has 19 heavy (non-hydrogen) atoms. The predicted molar refractivity (Wildman–Crippen MR) is 77.2 cm³/mol. The van der Waals surface area contributed by atoms with Crippen molar-refractivity contribution in [3.63, 3.8) is 0 Å². The summed E-state index contributed by atoms with van der Waals surface area (Å²) in [6, 6.07) is 6.90. The van der Waals surface area contributed by atoms with Crippen molar-refractivity contribution in [1.82, 2.24) is 4.90 Å². The number of amides is 2. The molecule has 5 heteroatoms. The van der Waals surface area contributed by atoms with Gasteiger partial charge in [0, 0.05) is 0 Å². The lowest BCUT2D eigenvalue weighted by Gasteiger charge is -2.28. The van der Waals surface area contributed by atoms with Gasteiger partial charge < -0.3 is 5.73 Å². The fraction of sp³-hybridized carbons (Fsp3) is 0.429. The van der Waals surface area contributed by atoms with E-state index in [1.807, 2.05) is 6.92 Å². The van der Waals surface area contributed by atoms with Gasteiger partial charge in [-0.05, 0) is 31.2 Å². The molecule has 0 aliphatic carbocycles. The van der Waals surface area contributed by atoms with Crippen LogP contribution in [-0.4, -0.2) is 33.9 Å². The maximum absolute atomic E-state index is 12.2. The summed E-state index contributed by atoms with van der Waals surface area (Å²) in [5.41, 5.74) is 7.11. The van der Waals surface area contributed by atoms with E-state index in [1.165, 1.54) is 4.90 Å². The van der Waals surface area contributed by atoms with Gasteiger partial charge in [0.05, 0.1) is 22.5 Å². The van der Waals surface area contributed by atoms with Crippen LogP contribution in [-0.2, 0) is 0 Å². The van der Waals surface area contributed by atoms with Crippen LogP contribution >= 0.6 is 11.8 Å². The number of thioether (sulfide) groups is 1. The van der Waals surface area contributed by atoms with Crippen molar-refractivity contribution in [3.8, 4) is 0 Å². The van der Waals surface area contributed by atoms with Gasteiger partial charge in [-0.3, -0.25) is 14.5 Å². The van der Waals surface area contributed by atoms with Gasteiger partial charge in [0.2, 0.25) is 0 Å². The molecular formula is C14H18N2O2S. The van der Waals surface area contributed by atoms with Crippen LogP contribution in [0.5, 0.6) is 0 Å². The third kappa shape index (κ3) is 2.82. The molecule has 1 unspecified atom stereocenters. The van der Waals surface area contributed by atoms with Crippen molar-refractivity contribution in [3.05, 3.63) is 35.4 Å². The molecule has 2 amide bonds. The van der Waals surface area contributed by atoms with Crippen molar-refractivity contribution in [1.29, 1.82) is 0 Å². The summed E-state index contributed by atoms with van der Waals surface area (Å²) in [4.78, 5) is 25.0. The van der Waals surface area contributed by atoms with Crippen LogP contribution in [0.3, 0.4) is 0 Å². The zero-order chi connectivity index (χ0) is 14.0. The molecule has 2 N–H and O–H groups in total. The number of nitrogens with zero attached hydrogens (tertiary/aromatic N) is 1. The van der Waals surface area contributed by atoms with E-state index in [0.29, 0.717) is 11.1 Å². The van der Waals surface area contributed by atoms with E-state index < -0.39 is 4.87 Å². The van der Waals surface area contributed by atoms with E-state index in [1.54, 1.807) is 36.0 Å². The Kier molecular flexibility index (Phi) is 3.96. The molecular weight excluding hydrogens is 260 g/mol. The lowest BCUT2D eigenvalue weighted by atomic mass is 10.1. The highest BCUT2D eigenvalue weighted by atomic mass is 32.2. The van der Waals surface area contributed by atoms with Crippen LogP contribution in [0.15, 0.2) is 24.3 Å². The van der Waals surface area contributed by atoms with Gasteiger partial charge in [-0.15, -0.1) is 11.8 Å². The second-order valence-corrected chi connectivity index (χ2v) is 6.53. The Morgan fingerprint density at radius 2 is 1.74 bits per heavy atom. The predicted octanol–water partition coefficient (Wildman–Crippen LogP) is 2.10. The Hall–Kier alpha value is -1.33. The van der Waals surface area contributed by atoms with Crippen molar-refractivity contribution in [2.45, 2.75) is 25.1 Å². The quantitative estimate of drug-likeness (QED) is 0.662. The fourth-order valence-electron chi connectivity index (χ4n) is 2.08. The van der Waals surface area contributed by atoms with E-state index in [-0.39, 0.29) is 18.4 Å². The Morgan fingerprint density at radius 3 is 2.21 bits per heavy atom. The molecule has 1 aliphatic heterocycles. The number of hydrogen-bond acceptors (Lipinski definition) is 4. The van der Waals surface area contributed by atoms with Crippen molar-refractivity contribution in [2.75, 3.05) is 12.3 Å². The number of nitrogens with two attached hydrogens (primary N) is 1. The van der Waals surface area contributed by atoms with Crippen LogP contribution in [0, 0.1) is 0 Å². The van der Waals surface area contributed by atoms with Gasteiger partial charge >= 0.3 is 0 Å². The molecule has 0 saturated heterocycles. The van der Waals surface area contributed by atoms with Gasteiger partial charge in [-0.1, -0.05) is 19.1 Å². The molecule has 1 heterocycles. The second-order valence-electron chi connectivity index (χ2n) is 4.90. The fourth-order valence-corrected chi connectivity index (χ4v) is 2.97. The van der Waals surface area contributed by atoms with Gasteiger partial charge in [0.15, 0.2) is 0 Å². The van der Waals surface area contributed by atoms with Crippen molar-refractivity contribution < 1.29 is 9.59 Å². The molecule has 1 aromatic rings. The molecule has 1 aromatic carbocycles. The summed E-state index contributed by atoms with van der Waals surface area (Å²) in [7, 11) is 0. The largest absolute Gasteiger partial charge is 0.316 e. The average molecular weight is 278 g/mol. The first-order chi connectivity index (χ1) is 8.96.